The number of fused-ring (bicyclic) bond motifs is 1. The average molecular weight is 241 g/mol. The second-order valence-corrected chi connectivity index (χ2v) is 5.07. The molecule has 0 radical (unpaired) electrons. The van der Waals surface area contributed by atoms with Crippen LogP contribution in [0.2, 0.25) is 0 Å². The van der Waals surface area contributed by atoms with E-state index in [1.807, 2.05) is 24.3 Å². The van der Waals surface area contributed by atoms with Crippen LogP contribution in [0.3, 0.4) is 0 Å². The zero-order valence-electron chi connectivity index (χ0n) is 10.5. The number of aliphatic hydroxyl groups is 1. The van der Waals surface area contributed by atoms with E-state index < -0.39 is 6.10 Å². The van der Waals surface area contributed by atoms with Crippen molar-refractivity contribution in [1.29, 1.82) is 0 Å². The van der Waals surface area contributed by atoms with Crippen LogP contribution in [0, 0.1) is 0 Å². The number of hydrogen-bond acceptors (Lipinski definition) is 2. The van der Waals surface area contributed by atoms with E-state index >= 15 is 0 Å². The number of aliphatic hydroxyl groups excluding tert-OH is 1. The summed E-state index contributed by atoms with van der Waals surface area (Å²) >= 11 is 0. The van der Waals surface area contributed by atoms with Gasteiger partial charge in [0.15, 0.2) is 0 Å². The minimum absolute atomic E-state index is 0.199. The molecular formula is C16H19NO. The summed E-state index contributed by atoms with van der Waals surface area (Å²) in [6, 6.07) is 14.6. The number of nitrogens with one attached hydrogen (secondary N) is 1. The maximum atomic E-state index is 10.6. The Bertz CT molecular complexity index is 526. The van der Waals surface area contributed by atoms with Crippen LogP contribution >= 0.6 is 0 Å². The zero-order chi connectivity index (χ0) is 12.4. The van der Waals surface area contributed by atoms with Gasteiger partial charge in [-0.15, -0.1) is 0 Å². The van der Waals surface area contributed by atoms with E-state index in [1.165, 1.54) is 23.6 Å². The lowest BCUT2D eigenvalue weighted by Crippen LogP contribution is -2.38. The van der Waals surface area contributed by atoms with Crippen molar-refractivity contribution in [3.63, 3.8) is 0 Å². The van der Waals surface area contributed by atoms with E-state index in [4.69, 9.17) is 0 Å². The molecule has 94 valence electrons. The van der Waals surface area contributed by atoms with Gasteiger partial charge >= 0.3 is 0 Å². The van der Waals surface area contributed by atoms with Crippen molar-refractivity contribution in [2.24, 2.45) is 0 Å². The highest BCUT2D eigenvalue weighted by Gasteiger charge is 2.23. The number of hydrogen-bond donors (Lipinski definition) is 2. The lowest BCUT2D eigenvalue weighted by atomic mass is 9.92. The summed E-state index contributed by atoms with van der Waals surface area (Å²) in [5.74, 6) is 0. The summed E-state index contributed by atoms with van der Waals surface area (Å²) in [5, 5.41) is 16.4. The normalized spacial score (nSPS) is 21.9. The predicted octanol–water partition coefficient (Wildman–Crippen LogP) is 3.02. The number of rotatable bonds is 2. The highest BCUT2D eigenvalue weighted by molar-refractivity contribution is 5.86. The van der Waals surface area contributed by atoms with Crippen LogP contribution in [0.4, 0.5) is 0 Å². The molecule has 3 rings (SSSR count). The molecule has 0 aliphatic carbocycles. The molecule has 1 aliphatic rings. The second-order valence-electron chi connectivity index (χ2n) is 5.07. The Hall–Kier alpha value is -1.38. The Balaban J connectivity index is 1.97. The molecule has 2 N–H and O–H groups in total. The van der Waals surface area contributed by atoms with E-state index in [0.717, 1.165) is 18.5 Å². The van der Waals surface area contributed by atoms with Crippen LogP contribution in [0.5, 0.6) is 0 Å². The summed E-state index contributed by atoms with van der Waals surface area (Å²) in [6.07, 6.45) is 3.08. The molecule has 2 nitrogen and oxygen atoms in total. The van der Waals surface area contributed by atoms with Gasteiger partial charge in [-0.2, -0.15) is 0 Å². The van der Waals surface area contributed by atoms with E-state index in [1.54, 1.807) is 0 Å². The first kappa shape index (κ1) is 11.7. The van der Waals surface area contributed by atoms with Gasteiger partial charge in [0.2, 0.25) is 0 Å². The topological polar surface area (TPSA) is 32.3 Å². The quantitative estimate of drug-likeness (QED) is 0.847. The largest absolute Gasteiger partial charge is 0.387 e. The third-order valence-corrected chi connectivity index (χ3v) is 3.87. The third-order valence-electron chi connectivity index (χ3n) is 3.87. The molecule has 2 aromatic rings. The molecule has 0 unspecified atom stereocenters. The Morgan fingerprint density at radius 1 is 1.06 bits per heavy atom. The summed E-state index contributed by atoms with van der Waals surface area (Å²) in [7, 11) is 0. The van der Waals surface area contributed by atoms with Crippen molar-refractivity contribution < 1.29 is 5.11 Å². The molecule has 2 heteroatoms. The van der Waals surface area contributed by atoms with Crippen molar-refractivity contribution in [3.05, 3.63) is 48.0 Å². The Labute approximate surface area is 108 Å². The van der Waals surface area contributed by atoms with Gasteiger partial charge in [-0.1, -0.05) is 48.9 Å². The Kier molecular flexibility index (Phi) is 3.31. The fraction of sp³-hybridized carbons (Fsp3) is 0.375. The molecule has 1 heterocycles. The minimum Gasteiger partial charge on any atom is -0.387 e. The molecule has 2 aromatic carbocycles. The maximum Gasteiger partial charge on any atom is 0.0948 e. The van der Waals surface area contributed by atoms with E-state index in [9.17, 15) is 5.11 Å². The first-order valence-corrected chi connectivity index (χ1v) is 6.75. The monoisotopic (exact) mass is 241 g/mol. The van der Waals surface area contributed by atoms with Crippen molar-refractivity contribution >= 4 is 10.8 Å². The fourth-order valence-corrected chi connectivity index (χ4v) is 2.87. The molecule has 1 fully saturated rings. The molecule has 0 bridgehead atoms. The third kappa shape index (κ3) is 2.14. The van der Waals surface area contributed by atoms with Gasteiger partial charge in [0.1, 0.15) is 0 Å². The summed E-state index contributed by atoms with van der Waals surface area (Å²) < 4.78 is 0. The first-order chi connectivity index (χ1) is 8.86. The Morgan fingerprint density at radius 2 is 1.89 bits per heavy atom. The van der Waals surface area contributed by atoms with Crippen molar-refractivity contribution in [2.75, 3.05) is 6.54 Å². The van der Waals surface area contributed by atoms with E-state index in [-0.39, 0.29) is 6.04 Å². The van der Waals surface area contributed by atoms with Crippen molar-refractivity contribution in [1.82, 2.24) is 5.32 Å². The molecular weight excluding hydrogens is 222 g/mol. The lowest BCUT2D eigenvalue weighted by molar-refractivity contribution is 0.115. The van der Waals surface area contributed by atoms with Gasteiger partial charge < -0.3 is 10.4 Å². The summed E-state index contributed by atoms with van der Waals surface area (Å²) in [6.45, 7) is 1.02. The van der Waals surface area contributed by atoms with Crippen LogP contribution < -0.4 is 5.32 Å². The van der Waals surface area contributed by atoms with Crippen LogP contribution in [0.1, 0.15) is 30.9 Å². The van der Waals surface area contributed by atoms with Gasteiger partial charge in [-0.25, -0.2) is 0 Å². The highest BCUT2D eigenvalue weighted by Crippen LogP contribution is 2.28. The molecule has 1 aliphatic heterocycles. The number of piperidine rings is 1. The van der Waals surface area contributed by atoms with E-state index in [0.29, 0.717) is 0 Å². The highest BCUT2D eigenvalue weighted by atomic mass is 16.3. The molecule has 0 aromatic heterocycles. The SMILES string of the molecule is O[C@@H](c1cccc2ccccc12)[C@H]1CCCCN1. The molecule has 0 spiro atoms. The van der Waals surface area contributed by atoms with Crippen LogP contribution in [0.25, 0.3) is 10.8 Å². The average Bonchev–Trinajstić information content (AvgIpc) is 2.47. The molecule has 2 atom stereocenters. The smallest absolute Gasteiger partial charge is 0.0948 e. The Morgan fingerprint density at radius 3 is 2.72 bits per heavy atom. The van der Waals surface area contributed by atoms with Gasteiger partial charge in [-0.3, -0.25) is 0 Å². The first-order valence-electron chi connectivity index (χ1n) is 6.75. The van der Waals surface area contributed by atoms with Gasteiger partial charge in [0.25, 0.3) is 0 Å². The summed E-state index contributed by atoms with van der Waals surface area (Å²) in [5.41, 5.74) is 1.05. The molecule has 0 amide bonds. The second kappa shape index (κ2) is 5.09. The predicted molar refractivity (Wildman–Crippen MR) is 74.5 cm³/mol. The van der Waals surface area contributed by atoms with Crippen LogP contribution in [-0.4, -0.2) is 17.7 Å². The van der Waals surface area contributed by atoms with E-state index in [2.05, 4.69) is 23.5 Å². The molecule has 18 heavy (non-hydrogen) atoms. The molecule has 1 saturated heterocycles. The minimum atomic E-state index is -0.406. The van der Waals surface area contributed by atoms with Gasteiger partial charge in [-0.05, 0) is 35.7 Å². The number of benzene rings is 2. The summed E-state index contributed by atoms with van der Waals surface area (Å²) in [4.78, 5) is 0. The van der Waals surface area contributed by atoms with Crippen molar-refractivity contribution in [2.45, 2.75) is 31.4 Å². The van der Waals surface area contributed by atoms with Gasteiger partial charge in [0.05, 0.1) is 6.10 Å². The van der Waals surface area contributed by atoms with Crippen LogP contribution in [0.15, 0.2) is 42.5 Å². The molecule has 0 saturated carbocycles. The standard InChI is InChI=1S/C16H19NO/c18-16(15-10-3-4-11-17-15)14-9-5-7-12-6-1-2-8-13(12)14/h1-2,5-9,15-18H,3-4,10-11H2/t15-,16+/m1/s1. The maximum absolute atomic E-state index is 10.6. The van der Waals surface area contributed by atoms with Gasteiger partial charge in [0, 0.05) is 6.04 Å². The fourth-order valence-electron chi connectivity index (χ4n) is 2.87. The van der Waals surface area contributed by atoms with Crippen molar-refractivity contribution in [3.8, 4) is 0 Å². The van der Waals surface area contributed by atoms with Crippen LogP contribution in [-0.2, 0) is 0 Å². The lowest BCUT2D eigenvalue weighted by Gasteiger charge is -2.28. The zero-order valence-corrected chi connectivity index (χ0v) is 10.5.